The second-order valence-electron chi connectivity index (χ2n) is 11.0. The minimum Gasteiger partial charge on any atom is -0.389 e. The van der Waals surface area contributed by atoms with Crippen LogP contribution in [0.25, 0.3) is 0 Å². The molecule has 12 nitrogen and oxygen atoms in total. The Morgan fingerprint density at radius 2 is 1.49 bits per heavy atom. The van der Waals surface area contributed by atoms with E-state index in [4.69, 9.17) is 0 Å². The second kappa shape index (κ2) is 14.5. The molecule has 238 valence electrons. The Morgan fingerprint density at radius 1 is 0.911 bits per heavy atom. The van der Waals surface area contributed by atoms with Crippen molar-refractivity contribution in [1.29, 1.82) is 0 Å². The van der Waals surface area contributed by atoms with Gasteiger partial charge in [-0.25, -0.2) is 13.1 Å². The zero-order valence-corrected chi connectivity index (χ0v) is 26.3. The van der Waals surface area contributed by atoms with Gasteiger partial charge >= 0.3 is 0 Å². The molecule has 13 heteroatoms. The Hall–Kier alpha value is -4.59. The van der Waals surface area contributed by atoms with E-state index in [0.717, 1.165) is 21.7 Å². The van der Waals surface area contributed by atoms with Gasteiger partial charge in [0.15, 0.2) is 0 Å². The molecule has 1 aromatic heterocycles. The van der Waals surface area contributed by atoms with Crippen LogP contribution in [0.15, 0.2) is 85.1 Å². The Morgan fingerprint density at radius 3 is 2.04 bits per heavy atom. The average Bonchev–Trinajstić information content (AvgIpc) is 3.49. The maximum atomic E-state index is 13.7. The predicted molar refractivity (Wildman–Crippen MR) is 170 cm³/mol. The molecule has 0 saturated carbocycles. The summed E-state index contributed by atoms with van der Waals surface area (Å²) in [6.07, 6.45) is 0.831. The lowest BCUT2D eigenvalue weighted by Crippen LogP contribution is -2.46. The van der Waals surface area contributed by atoms with E-state index in [1.54, 1.807) is 6.92 Å². The van der Waals surface area contributed by atoms with Crippen molar-refractivity contribution < 1.29 is 28.2 Å². The molecule has 0 aliphatic heterocycles. The molecule has 0 unspecified atom stereocenters. The zero-order valence-electron chi connectivity index (χ0n) is 25.5. The van der Waals surface area contributed by atoms with Crippen molar-refractivity contribution in [2.45, 2.75) is 51.1 Å². The zero-order chi connectivity index (χ0) is 32.7. The Bertz CT molecular complexity index is 1710. The Balaban J connectivity index is 1.64. The van der Waals surface area contributed by atoms with Gasteiger partial charge in [0.05, 0.1) is 49.0 Å². The van der Waals surface area contributed by atoms with Crippen molar-refractivity contribution in [3.63, 3.8) is 0 Å². The molecule has 0 fully saturated rings. The first kappa shape index (κ1) is 33.3. The molecule has 0 radical (unpaired) electrons. The quantitative estimate of drug-likeness (QED) is 0.174. The van der Waals surface area contributed by atoms with Gasteiger partial charge in [-0.1, -0.05) is 65.9 Å². The first-order chi connectivity index (χ1) is 21.3. The largest absolute Gasteiger partial charge is 0.389 e. The van der Waals surface area contributed by atoms with E-state index >= 15 is 0 Å². The van der Waals surface area contributed by atoms with Crippen LogP contribution in [0.1, 0.15) is 63.5 Å². The number of amides is 2. The normalized spacial score (nSPS) is 14.2. The number of aromatic nitrogens is 3. The molecular formula is C32H38N6O6S. The molecule has 0 aliphatic carbocycles. The first-order valence-electron chi connectivity index (χ1n) is 14.4. The number of sulfonamides is 1. The number of aliphatic hydroxyl groups excluding tert-OH is 2. The summed E-state index contributed by atoms with van der Waals surface area (Å²) >= 11 is 0. The number of rotatable bonds is 13. The molecule has 1 heterocycles. The number of anilines is 1. The number of aliphatic hydroxyl groups is 2. The van der Waals surface area contributed by atoms with Gasteiger partial charge in [-0.15, -0.1) is 5.10 Å². The molecule has 45 heavy (non-hydrogen) atoms. The summed E-state index contributed by atoms with van der Waals surface area (Å²) in [5.74, 6) is -1.11. The van der Waals surface area contributed by atoms with E-state index < -0.39 is 40.1 Å². The summed E-state index contributed by atoms with van der Waals surface area (Å²) in [5.41, 5.74) is 2.30. The van der Waals surface area contributed by atoms with Crippen LogP contribution < -0.4 is 14.9 Å². The molecule has 0 aliphatic rings. The van der Waals surface area contributed by atoms with Crippen LogP contribution in [0.5, 0.6) is 0 Å². The summed E-state index contributed by atoms with van der Waals surface area (Å²) < 4.78 is 27.2. The van der Waals surface area contributed by atoms with E-state index in [1.165, 1.54) is 36.1 Å². The minimum atomic E-state index is -3.73. The van der Waals surface area contributed by atoms with Gasteiger partial charge in [-0.3, -0.25) is 13.9 Å². The lowest BCUT2D eigenvalue weighted by atomic mass is 10.00. The van der Waals surface area contributed by atoms with Gasteiger partial charge in [-0.2, -0.15) is 0 Å². The Labute approximate surface area is 262 Å². The highest BCUT2D eigenvalue weighted by Gasteiger charge is 2.26. The molecule has 4 atom stereocenters. The van der Waals surface area contributed by atoms with Crippen LogP contribution in [-0.2, 0) is 23.0 Å². The summed E-state index contributed by atoms with van der Waals surface area (Å²) in [6.45, 7) is 3.34. The lowest BCUT2D eigenvalue weighted by molar-refractivity contribution is 0.0778. The van der Waals surface area contributed by atoms with Crippen molar-refractivity contribution in [2.75, 3.05) is 17.6 Å². The van der Waals surface area contributed by atoms with Crippen LogP contribution in [0.2, 0.25) is 0 Å². The van der Waals surface area contributed by atoms with Crippen molar-refractivity contribution in [1.82, 2.24) is 25.6 Å². The molecule has 2 amide bonds. The second-order valence-corrected chi connectivity index (χ2v) is 13.0. The first-order valence-corrected chi connectivity index (χ1v) is 16.2. The number of nitrogens with zero attached hydrogens (tertiary/aromatic N) is 4. The van der Waals surface area contributed by atoms with E-state index in [0.29, 0.717) is 5.69 Å². The van der Waals surface area contributed by atoms with Crippen LogP contribution in [-0.4, -0.2) is 70.9 Å². The van der Waals surface area contributed by atoms with Gasteiger partial charge in [0.2, 0.25) is 10.0 Å². The van der Waals surface area contributed by atoms with E-state index in [9.17, 15) is 28.2 Å². The van der Waals surface area contributed by atoms with Crippen LogP contribution >= 0.6 is 0 Å². The third-order valence-corrected chi connectivity index (χ3v) is 8.59. The highest BCUT2D eigenvalue weighted by Crippen LogP contribution is 2.22. The smallest absolute Gasteiger partial charge is 0.251 e. The fourth-order valence-electron chi connectivity index (χ4n) is 4.67. The summed E-state index contributed by atoms with van der Waals surface area (Å²) in [4.78, 5) is 27.1. The standard InChI is InChI=1S/C32H38N6O6S/c1-21(24-13-9-6-10-14-24)33-31(41)25-16-26(18-27(17-25)37(3)45(4,43)44)32(42)34-28(15-23-11-7-5-8-12-23)30(40)20-38-19-29(22(2)39)35-36-38/h5-14,16-19,21-22,28,30,39-40H,15,20H2,1-4H3,(H,33,41)(H,34,42)/t21-,22+,28+,30+/m1/s1. The fraction of sp³-hybridized carbons (Fsp3) is 0.312. The van der Waals surface area contributed by atoms with Gasteiger partial charge in [0.1, 0.15) is 5.69 Å². The summed E-state index contributed by atoms with van der Waals surface area (Å²) in [7, 11) is -2.39. The number of hydrogen-bond acceptors (Lipinski definition) is 8. The van der Waals surface area contributed by atoms with E-state index in [1.807, 2.05) is 67.6 Å². The molecule has 0 bridgehead atoms. The van der Waals surface area contributed by atoms with E-state index in [2.05, 4.69) is 20.9 Å². The third kappa shape index (κ3) is 8.97. The molecule has 4 aromatic rings. The van der Waals surface area contributed by atoms with Crippen molar-refractivity contribution in [3.8, 4) is 0 Å². The molecule has 0 spiro atoms. The summed E-state index contributed by atoms with van der Waals surface area (Å²) in [5, 5.41) is 34.7. The number of hydrogen-bond donors (Lipinski definition) is 4. The fourth-order valence-corrected chi connectivity index (χ4v) is 5.16. The number of carbonyl (C=O) groups excluding carboxylic acids is 2. The molecule has 3 aromatic carbocycles. The number of benzene rings is 3. The third-order valence-electron chi connectivity index (χ3n) is 7.39. The number of carbonyl (C=O) groups is 2. The van der Waals surface area contributed by atoms with Crippen molar-refractivity contribution in [3.05, 3.63) is 113 Å². The van der Waals surface area contributed by atoms with Crippen LogP contribution in [0.4, 0.5) is 5.69 Å². The molecule has 0 saturated heterocycles. The lowest BCUT2D eigenvalue weighted by Gasteiger charge is -2.25. The maximum Gasteiger partial charge on any atom is 0.251 e. The number of nitrogens with one attached hydrogen (secondary N) is 2. The van der Waals surface area contributed by atoms with Gasteiger partial charge in [0.25, 0.3) is 11.8 Å². The minimum absolute atomic E-state index is 0.0284. The van der Waals surface area contributed by atoms with E-state index in [-0.39, 0.29) is 35.8 Å². The summed E-state index contributed by atoms with van der Waals surface area (Å²) in [6, 6.07) is 21.6. The highest BCUT2D eigenvalue weighted by atomic mass is 32.2. The maximum absolute atomic E-state index is 13.7. The molecule has 4 N–H and O–H groups in total. The molecular weight excluding hydrogens is 596 g/mol. The topological polar surface area (TPSA) is 167 Å². The highest BCUT2D eigenvalue weighted by molar-refractivity contribution is 7.92. The van der Waals surface area contributed by atoms with Crippen molar-refractivity contribution in [2.24, 2.45) is 0 Å². The monoisotopic (exact) mass is 634 g/mol. The van der Waals surface area contributed by atoms with Gasteiger partial charge in [0, 0.05) is 18.2 Å². The van der Waals surface area contributed by atoms with Crippen LogP contribution in [0.3, 0.4) is 0 Å². The molecule has 4 rings (SSSR count). The van der Waals surface area contributed by atoms with Gasteiger partial charge in [-0.05, 0) is 49.6 Å². The van der Waals surface area contributed by atoms with Crippen molar-refractivity contribution >= 4 is 27.5 Å². The van der Waals surface area contributed by atoms with Crippen LogP contribution in [0, 0.1) is 0 Å². The SMILES string of the molecule is C[C@H](O)c1cn(C[C@H](O)[C@H](Cc2ccccc2)NC(=O)c2cc(C(=O)N[C@H](C)c3ccccc3)cc(N(C)S(C)(=O)=O)c2)nn1. The Kier molecular flexibility index (Phi) is 10.7. The van der Waals surface area contributed by atoms with Gasteiger partial charge < -0.3 is 20.8 Å². The predicted octanol–water partition coefficient (Wildman–Crippen LogP) is 2.62. The average molecular weight is 635 g/mol.